The highest BCUT2D eigenvalue weighted by Crippen LogP contribution is 2.12. The van der Waals surface area contributed by atoms with Gasteiger partial charge in [-0.15, -0.1) is 0 Å². The first kappa shape index (κ1) is 28.3. The summed E-state index contributed by atoms with van der Waals surface area (Å²) < 4.78 is 0. The van der Waals surface area contributed by atoms with Gasteiger partial charge in [0.25, 0.3) is 5.91 Å². The number of carboxylic acids is 2. The molecule has 0 aromatic heterocycles. The molecular weight excluding hydrogens is 484 g/mol. The number of amides is 3. The smallest absolute Gasteiger partial charge is 0.326 e. The minimum absolute atomic E-state index is 0.0331. The monoisotopic (exact) mass is 512 g/mol. The van der Waals surface area contributed by atoms with E-state index in [0.29, 0.717) is 11.3 Å². The molecular formula is C24H28N6O7. The van der Waals surface area contributed by atoms with Crippen LogP contribution in [0.1, 0.15) is 28.8 Å². The molecule has 2 rings (SSSR count). The van der Waals surface area contributed by atoms with Crippen LogP contribution in [0.25, 0.3) is 0 Å². The summed E-state index contributed by atoms with van der Waals surface area (Å²) in [5, 5.41) is 25.7. The molecule has 0 fully saturated rings. The molecule has 0 radical (unpaired) electrons. The Morgan fingerprint density at radius 1 is 0.865 bits per heavy atom. The molecule has 0 heterocycles. The highest BCUT2D eigenvalue weighted by atomic mass is 16.4. The van der Waals surface area contributed by atoms with Gasteiger partial charge >= 0.3 is 11.9 Å². The van der Waals surface area contributed by atoms with Crippen molar-refractivity contribution in [3.8, 4) is 0 Å². The van der Waals surface area contributed by atoms with Crippen LogP contribution in [0.15, 0.2) is 59.6 Å². The molecule has 2 aromatic carbocycles. The van der Waals surface area contributed by atoms with Gasteiger partial charge in [0.15, 0.2) is 5.96 Å². The normalized spacial score (nSPS) is 11.9. The van der Waals surface area contributed by atoms with Gasteiger partial charge in [0.1, 0.15) is 12.1 Å². The van der Waals surface area contributed by atoms with Crippen LogP contribution in [0, 0.1) is 0 Å². The number of carbonyl (C=O) groups excluding carboxylic acids is 3. The van der Waals surface area contributed by atoms with Crippen LogP contribution in [0.2, 0.25) is 0 Å². The third-order valence-electron chi connectivity index (χ3n) is 4.95. The Morgan fingerprint density at radius 2 is 1.51 bits per heavy atom. The largest absolute Gasteiger partial charge is 0.481 e. The highest BCUT2D eigenvalue weighted by molar-refractivity contribution is 5.95. The SMILES string of the molecule is NC(N)=Nc1ccc(C(=O)NCCC(=O)N[C@@H](CC(=O)O)C(=O)N[C@H](Cc2ccccc2)C(=O)O)cc1. The second-order valence-electron chi connectivity index (χ2n) is 7.90. The second kappa shape index (κ2) is 13.8. The predicted octanol–water partition coefficient (Wildman–Crippen LogP) is -0.517. The molecule has 0 aliphatic heterocycles. The van der Waals surface area contributed by atoms with E-state index in [9.17, 15) is 29.1 Å². The number of nitrogens with two attached hydrogens (primary N) is 2. The van der Waals surface area contributed by atoms with Crippen molar-refractivity contribution < 1.29 is 34.2 Å². The molecule has 0 spiro atoms. The van der Waals surface area contributed by atoms with E-state index in [-0.39, 0.29) is 30.9 Å². The molecule has 0 saturated heterocycles. The fourth-order valence-electron chi connectivity index (χ4n) is 3.20. The van der Waals surface area contributed by atoms with Crippen LogP contribution in [-0.2, 0) is 25.6 Å². The van der Waals surface area contributed by atoms with Crippen molar-refractivity contribution in [1.29, 1.82) is 0 Å². The molecule has 13 nitrogen and oxygen atoms in total. The number of hydrogen-bond donors (Lipinski definition) is 7. The lowest BCUT2D eigenvalue weighted by Gasteiger charge is -2.20. The minimum Gasteiger partial charge on any atom is -0.481 e. The van der Waals surface area contributed by atoms with Crippen molar-refractivity contribution in [2.24, 2.45) is 16.5 Å². The fraction of sp³-hybridized carbons (Fsp3) is 0.250. The van der Waals surface area contributed by atoms with E-state index in [2.05, 4.69) is 20.9 Å². The quantitative estimate of drug-likeness (QED) is 0.135. The molecule has 196 valence electrons. The van der Waals surface area contributed by atoms with Crippen LogP contribution in [0.5, 0.6) is 0 Å². The van der Waals surface area contributed by atoms with Gasteiger partial charge in [-0.2, -0.15) is 0 Å². The maximum Gasteiger partial charge on any atom is 0.326 e. The topological polar surface area (TPSA) is 226 Å². The van der Waals surface area contributed by atoms with Crippen LogP contribution in [-0.4, -0.2) is 64.5 Å². The zero-order chi connectivity index (χ0) is 27.4. The number of nitrogens with one attached hydrogen (secondary N) is 3. The average Bonchev–Trinajstić information content (AvgIpc) is 2.83. The van der Waals surface area contributed by atoms with E-state index in [0.717, 1.165) is 0 Å². The first-order valence-corrected chi connectivity index (χ1v) is 11.1. The van der Waals surface area contributed by atoms with Gasteiger partial charge < -0.3 is 37.6 Å². The van der Waals surface area contributed by atoms with Gasteiger partial charge in [0, 0.05) is 24.9 Å². The molecule has 0 aliphatic rings. The van der Waals surface area contributed by atoms with Crippen molar-refractivity contribution in [2.75, 3.05) is 6.54 Å². The van der Waals surface area contributed by atoms with E-state index >= 15 is 0 Å². The Labute approximate surface area is 211 Å². The number of benzene rings is 2. The lowest BCUT2D eigenvalue weighted by molar-refractivity contribution is -0.143. The Morgan fingerprint density at radius 3 is 2.08 bits per heavy atom. The molecule has 0 saturated carbocycles. The summed E-state index contributed by atoms with van der Waals surface area (Å²) in [7, 11) is 0. The second-order valence-corrected chi connectivity index (χ2v) is 7.90. The number of guanidine groups is 1. The Balaban J connectivity index is 1.91. The zero-order valence-corrected chi connectivity index (χ0v) is 19.7. The van der Waals surface area contributed by atoms with Crippen LogP contribution in [0.3, 0.4) is 0 Å². The summed E-state index contributed by atoms with van der Waals surface area (Å²) in [6.45, 7) is -0.104. The van der Waals surface area contributed by atoms with Gasteiger partial charge in [-0.1, -0.05) is 30.3 Å². The van der Waals surface area contributed by atoms with Gasteiger partial charge in [0.2, 0.25) is 11.8 Å². The van der Waals surface area contributed by atoms with Gasteiger partial charge in [-0.05, 0) is 29.8 Å². The van der Waals surface area contributed by atoms with Gasteiger partial charge in [-0.3, -0.25) is 19.2 Å². The molecule has 3 amide bonds. The van der Waals surface area contributed by atoms with E-state index < -0.39 is 48.2 Å². The molecule has 13 heteroatoms. The van der Waals surface area contributed by atoms with Crippen LogP contribution < -0.4 is 27.4 Å². The summed E-state index contributed by atoms with van der Waals surface area (Å²) in [6.07, 6.45) is -1.05. The number of hydrogen-bond acceptors (Lipinski definition) is 6. The predicted molar refractivity (Wildman–Crippen MR) is 133 cm³/mol. The van der Waals surface area contributed by atoms with E-state index in [1.807, 2.05) is 0 Å². The maximum atomic E-state index is 12.6. The standard InChI is InChI=1S/C24H28N6O7/c25-24(26)28-16-8-6-15(7-9-16)21(34)27-11-10-19(31)29-17(13-20(32)33)22(35)30-18(23(36)37)12-14-4-2-1-3-5-14/h1-9,17-18H,10-13H2,(H,27,34)(H,29,31)(H,30,35)(H,32,33)(H,36,37)(H4,25,26,28)/t17-,18+/m0/s1. The third kappa shape index (κ3) is 10.1. The van der Waals surface area contributed by atoms with Gasteiger partial charge in [-0.25, -0.2) is 9.79 Å². The van der Waals surface area contributed by atoms with E-state index in [4.69, 9.17) is 16.6 Å². The number of carboxylic acid groups (broad SMARTS) is 2. The number of rotatable bonds is 13. The van der Waals surface area contributed by atoms with Crippen molar-refractivity contribution in [1.82, 2.24) is 16.0 Å². The molecule has 0 aliphatic carbocycles. The third-order valence-corrected chi connectivity index (χ3v) is 4.95. The lowest BCUT2D eigenvalue weighted by atomic mass is 10.1. The summed E-state index contributed by atoms with van der Waals surface area (Å²) in [6, 6.07) is 11.7. The Kier molecular flexibility index (Phi) is 10.6. The van der Waals surface area contributed by atoms with Crippen molar-refractivity contribution >= 4 is 41.3 Å². The highest BCUT2D eigenvalue weighted by Gasteiger charge is 2.28. The fourth-order valence-corrected chi connectivity index (χ4v) is 3.20. The summed E-state index contributed by atoms with van der Waals surface area (Å²) >= 11 is 0. The summed E-state index contributed by atoms with van der Waals surface area (Å²) in [5.41, 5.74) is 12.0. The molecule has 37 heavy (non-hydrogen) atoms. The number of nitrogens with zero attached hydrogens (tertiary/aromatic N) is 1. The molecule has 2 atom stereocenters. The number of aliphatic carboxylic acids is 2. The van der Waals surface area contributed by atoms with E-state index in [1.54, 1.807) is 30.3 Å². The summed E-state index contributed by atoms with van der Waals surface area (Å²) in [5.74, 6) is -4.95. The lowest BCUT2D eigenvalue weighted by Crippen LogP contribution is -2.53. The van der Waals surface area contributed by atoms with Gasteiger partial charge in [0.05, 0.1) is 12.1 Å². The van der Waals surface area contributed by atoms with E-state index in [1.165, 1.54) is 24.3 Å². The van der Waals surface area contributed by atoms with Crippen molar-refractivity contribution in [2.45, 2.75) is 31.3 Å². The van der Waals surface area contributed by atoms with Crippen LogP contribution >= 0.6 is 0 Å². The first-order valence-electron chi connectivity index (χ1n) is 11.1. The number of aliphatic imine (C=N–C) groups is 1. The van der Waals surface area contributed by atoms with Crippen LogP contribution in [0.4, 0.5) is 5.69 Å². The molecule has 0 bridgehead atoms. The summed E-state index contributed by atoms with van der Waals surface area (Å²) in [4.78, 5) is 63.9. The minimum atomic E-state index is -1.51. The zero-order valence-electron chi connectivity index (χ0n) is 19.7. The van der Waals surface area contributed by atoms with Crippen molar-refractivity contribution in [3.05, 3.63) is 65.7 Å². The Bertz CT molecular complexity index is 1150. The molecule has 2 aromatic rings. The first-order chi connectivity index (χ1) is 17.5. The molecule has 0 unspecified atom stereocenters. The maximum absolute atomic E-state index is 12.6. The average molecular weight is 513 g/mol. The van der Waals surface area contributed by atoms with Crippen molar-refractivity contribution in [3.63, 3.8) is 0 Å². The Hall–Kier alpha value is -4.94. The number of carbonyl (C=O) groups is 5. The molecule has 9 N–H and O–H groups in total.